The summed E-state index contributed by atoms with van der Waals surface area (Å²) >= 11 is 0. The lowest BCUT2D eigenvalue weighted by molar-refractivity contribution is -0.114. The van der Waals surface area contributed by atoms with E-state index in [1.54, 1.807) is 19.2 Å². The van der Waals surface area contributed by atoms with Crippen molar-refractivity contribution in [3.63, 3.8) is 0 Å². The van der Waals surface area contributed by atoms with Crippen LogP contribution < -0.4 is 20.1 Å². The summed E-state index contributed by atoms with van der Waals surface area (Å²) in [5.74, 6) is 0.452. The molecule has 1 amide bonds. The lowest BCUT2D eigenvalue weighted by Gasteiger charge is -2.22. The van der Waals surface area contributed by atoms with E-state index in [2.05, 4.69) is 17.6 Å². The quantitative estimate of drug-likeness (QED) is 0.378. The monoisotopic (exact) mass is 442 g/mol. The minimum absolute atomic E-state index is 0.220. The number of carbonyl (C=O) groups excluding carboxylic acids is 2. The summed E-state index contributed by atoms with van der Waals surface area (Å²) in [6, 6.07) is 11.0. The van der Waals surface area contributed by atoms with Gasteiger partial charge in [0.2, 0.25) is 5.91 Å². The van der Waals surface area contributed by atoms with Gasteiger partial charge in [-0.25, -0.2) is 4.79 Å². The molecule has 174 valence electrons. The largest absolute Gasteiger partial charge is 0.497 e. The number of ether oxygens (including phenoxy) is 3. The Kier molecular flexibility index (Phi) is 8.93. The first-order valence-electron chi connectivity index (χ1n) is 10.8. The standard InChI is InChI=1S/C25H34N2O5/c1-7-8-13-31-23-15-22(27-17(2)28)21(14-20(23)24(29)32-25(3,4)5)26-16-18-9-11-19(30-6)12-10-18/h9-12,14-15,26H,7-8,13,16H2,1-6H3,(H,27,28). The van der Waals surface area contributed by atoms with E-state index in [4.69, 9.17) is 14.2 Å². The molecule has 2 aromatic carbocycles. The molecular formula is C25H34N2O5. The molecule has 0 atom stereocenters. The van der Waals surface area contributed by atoms with Crippen LogP contribution in [0.4, 0.5) is 11.4 Å². The van der Waals surface area contributed by atoms with Crippen molar-refractivity contribution in [1.82, 2.24) is 0 Å². The van der Waals surface area contributed by atoms with Gasteiger partial charge in [-0.2, -0.15) is 0 Å². The van der Waals surface area contributed by atoms with E-state index in [9.17, 15) is 9.59 Å². The SMILES string of the molecule is CCCCOc1cc(NC(C)=O)c(NCc2ccc(OC)cc2)cc1C(=O)OC(C)(C)C. The van der Waals surface area contributed by atoms with E-state index in [1.165, 1.54) is 6.92 Å². The Balaban J connectivity index is 2.39. The maximum absolute atomic E-state index is 12.9. The number of anilines is 2. The Hall–Kier alpha value is -3.22. The first-order valence-corrected chi connectivity index (χ1v) is 10.8. The fraction of sp³-hybridized carbons (Fsp3) is 0.440. The molecule has 2 rings (SSSR count). The van der Waals surface area contributed by atoms with Gasteiger partial charge in [-0.05, 0) is 51.0 Å². The number of unbranched alkanes of at least 4 members (excludes halogenated alkanes) is 1. The molecule has 0 aliphatic carbocycles. The highest BCUT2D eigenvalue weighted by Crippen LogP contribution is 2.33. The number of methoxy groups -OCH3 is 1. The lowest BCUT2D eigenvalue weighted by Crippen LogP contribution is -2.24. The van der Waals surface area contributed by atoms with Crippen LogP contribution in [0.15, 0.2) is 36.4 Å². The van der Waals surface area contributed by atoms with Gasteiger partial charge < -0.3 is 24.8 Å². The lowest BCUT2D eigenvalue weighted by atomic mass is 10.1. The Morgan fingerprint density at radius 1 is 1.03 bits per heavy atom. The average Bonchev–Trinajstić information content (AvgIpc) is 2.72. The van der Waals surface area contributed by atoms with Crippen LogP contribution in [0.5, 0.6) is 11.5 Å². The second-order valence-corrected chi connectivity index (χ2v) is 8.48. The van der Waals surface area contributed by atoms with Gasteiger partial charge in [0, 0.05) is 19.5 Å². The van der Waals surface area contributed by atoms with Crippen LogP contribution in [0.1, 0.15) is 63.4 Å². The number of amides is 1. The second kappa shape index (κ2) is 11.4. The molecular weight excluding hydrogens is 408 g/mol. The van der Waals surface area contributed by atoms with Crippen molar-refractivity contribution in [2.75, 3.05) is 24.4 Å². The fourth-order valence-corrected chi connectivity index (χ4v) is 2.90. The van der Waals surface area contributed by atoms with Gasteiger partial charge in [-0.15, -0.1) is 0 Å². The number of carbonyl (C=O) groups is 2. The average molecular weight is 443 g/mol. The van der Waals surface area contributed by atoms with Crippen molar-refractivity contribution < 1.29 is 23.8 Å². The third-order valence-electron chi connectivity index (χ3n) is 4.45. The number of hydrogen-bond donors (Lipinski definition) is 2. The molecule has 0 saturated heterocycles. The molecule has 0 bridgehead atoms. The molecule has 0 aliphatic heterocycles. The van der Waals surface area contributed by atoms with Crippen LogP contribution in [0, 0.1) is 0 Å². The zero-order chi connectivity index (χ0) is 23.7. The maximum Gasteiger partial charge on any atom is 0.342 e. The maximum atomic E-state index is 12.9. The highest BCUT2D eigenvalue weighted by Gasteiger charge is 2.23. The molecule has 0 aliphatic rings. The van der Waals surface area contributed by atoms with Gasteiger partial charge in [-0.3, -0.25) is 4.79 Å². The van der Waals surface area contributed by atoms with Crippen LogP contribution in [0.3, 0.4) is 0 Å². The highest BCUT2D eigenvalue weighted by molar-refractivity contribution is 5.99. The van der Waals surface area contributed by atoms with Crippen LogP contribution >= 0.6 is 0 Å². The van der Waals surface area contributed by atoms with E-state index in [1.807, 2.05) is 45.0 Å². The topological polar surface area (TPSA) is 85.9 Å². The molecule has 7 heteroatoms. The van der Waals surface area contributed by atoms with Crippen molar-refractivity contribution in [2.45, 2.75) is 59.6 Å². The van der Waals surface area contributed by atoms with Gasteiger partial charge >= 0.3 is 5.97 Å². The predicted molar refractivity (Wildman–Crippen MR) is 127 cm³/mol. The zero-order valence-corrected chi connectivity index (χ0v) is 19.8. The van der Waals surface area contributed by atoms with Crippen LogP contribution in [0.2, 0.25) is 0 Å². The number of benzene rings is 2. The summed E-state index contributed by atoms with van der Waals surface area (Å²) in [5, 5.41) is 6.13. The van der Waals surface area contributed by atoms with E-state index in [-0.39, 0.29) is 5.91 Å². The number of nitrogens with one attached hydrogen (secondary N) is 2. The zero-order valence-electron chi connectivity index (χ0n) is 19.8. The molecule has 7 nitrogen and oxygen atoms in total. The molecule has 0 radical (unpaired) electrons. The normalized spacial score (nSPS) is 10.9. The van der Waals surface area contributed by atoms with Gasteiger partial charge in [0.15, 0.2) is 0 Å². The molecule has 0 heterocycles. The summed E-state index contributed by atoms with van der Waals surface area (Å²) in [4.78, 5) is 24.7. The van der Waals surface area contributed by atoms with E-state index in [0.29, 0.717) is 35.8 Å². The summed E-state index contributed by atoms with van der Waals surface area (Å²) in [5.41, 5.74) is 1.80. The number of esters is 1. The molecule has 32 heavy (non-hydrogen) atoms. The van der Waals surface area contributed by atoms with Crippen LogP contribution in [-0.4, -0.2) is 31.2 Å². The van der Waals surface area contributed by atoms with E-state index >= 15 is 0 Å². The van der Waals surface area contributed by atoms with Gasteiger partial charge in [0.1, 0.15) is 22.7 Å². The van der Waals surface area contributed by atoms with Crippen molar-refractivity contribution >= 4 is 23.3 Å². The Morgan fingerprint density at radius 3 is 2.28 bits per heavy atom. The third-order valence-corrected chi connectivity index (χ3v) is 4.45. The van der Waals surface area contributed by atoms with Crippen LogP contribution in [-0.2, 0) is 16.1 Å². The fourth-order valence-electron chi connectivity index (χ4n) is 2.90. The molecule has 0 spiro atoms. The first kappa shape index (κ1) is 25.0. The molecule has 0 aromatic heterocycles. The van der Waals surface area contributed by atoms with Crippen molar-refractivity contribution in [2.24, 2.45) is 0 Å². The van der Waals surface area contributed by atoms with E-state index in [0.717, 1.165) is 24.2 Å². The smallest absolute Gasteiger partial charge is 0.342 e. The second-order valence-electron chi connectivity index (χ2n) is 8.48. The summed E-state index contributed by atoms with van der Waals surface area (Å²) in [6.45, 7) is 9.90. The van der Waals surface area contributed by atoms with Gasteiger partial charge in [-0.1, -0.05) is 25.5 Å². The summed E-state index contributed by atoms with van der Waals surface area (Å²) in [6.07, 6.45) is 1.81. The number of rotatable bonds is 10. The summed E-state index contributed by atoms with van der Waals surface area (Å²) in [7, 11) is 1.62. The minimum atomic E-state index is -0.648. The van der Waals surface area contributed by atoms with Gasteiger partial charge in [0.25, 0.3) is 0 Å². The minimum Gasteiger partial charge on any atom is -0.497 e. The van der Waals surface area contributed by atoms with Crippen molar-refractivity contribution in [3.8, 4) is 11.5 Å². The number of hydrogen-bond acceptors (Lipinski definition) is 6. The first-order chi connectivity index (χ1) is 15.1. The molecule has 0 unspecified atom stereocenters. The van der Waals surface area contributed by atoms with Crippen LogP contribution in [0.25, 0.3) is 0 Å². The van der Waals surface area contributed by atoms with E-state index < -0.39 is 11.6 Å². The third kappa shape index (κ3) is 7.80. The predicted octanol–water partition coefficient (Wildman–Crippen LogP) is 5.40. The Labute approximate surface area is 190 Å². The van der Waals surface area contributed by atoms with Crippen molar-refractivity contribution in [1.29, 1.82) is 0 Å². The molecule has 2 N–H and O–H groups in total. The Morgan fingerprint density at radius 2 is 1.72 bits per heavy atom. The summed E-state index contributed by atoms with van der Waals surface area (Å²) < 4.78 is 16.7. The van der Waals surface area contributed by atoms with Crippen molar-refractivity contribution in [3.05, 3.63) is 47.5 Å². The highest BCUT2D eigenvalue weighted by atomic mass is 16.6. The molecule has 0 saturated carbocycles. The molecule has 0 fully saturated rings. The van der Waals surface area contributed by atoms with Gasteiger partial charge in [0.05, 0.1) is 25.1 Å². The molecule has 2 aromatic rings. The Bertz CT molecular complexity index is 917.